The third-order valence-corrected chi connectivity index (χ3v) is 3.74. The molecule has 2 atom stereocenters. The first kappa shape index (κ1) is 11.9. The molecule has 0 spiro atoms. The summed E-state index contributed by atoms with van der Waals surface area (Å²) in [5.41, 5.74) is 0.911. The number of carbonyl (C=O) groups excluding carboxylic acids is 1. The van der Waals surface area contributed by atoms with E-state index >= 15 is 0 Å². The van der Waals surface area contributed by atoms with Crippen LogP contribution in [-0.4, -0.2) is 21.3 Å². The summed E-state index contributed by atoms with van der Waals surface area (Å²) in [6, 6.07) is 6.90. The van der Waals surface area contributed by atoms with Crippen molar-refractivity contribution in [2.24, 2.45) is 0 Å². The summed E-state index contributed by atoms with van der Waals surface area (Å²) < 4.78 is 10.9. The molecule has 3 N–H and O–H groups in total. The van der Waals surface area contributed by atoms with Crippen LogP contribution in [0.2, 0.25) is 0 Å². The first-order valence-electron chi connectivity index (χ1n) is 6.32. The number of esters is 1. The van der Waals surface area contributed by atoms with Crippen LogP contribution in [0.15, 0.2) is 30.3 Å². The number of aromatic hydroxyl groups is 3. The Morgan fingerprint density at radius 1 is 0.952 bits per heavy atom. The van der Waals surface area contributed by atoms with Crippen LogP contribution in [0.1, 0.15) is 23.1 Å². The summed E-state index contributed by atoms with van der Waals surface area (Å²) in [7, 11) is 0. The van der Waals surface area contributed by atoms with Gasteiger partial charge in [-0.25, -0.2) is 0 Å². The summed E-state index contributed by atoms with van der Waals surface area (Å²) in [6.07, 6.45) is -0.737. The van der Waals surface area contributed by atoms with Gasteiger partial charge in [0.25, 0.3) is 0 Å². The number of carbonyl (C=O) groups is 1. The zero-order chi connectivity index (χ0) is 14.7. The molecule has 6 nitrogen and oxygen atoms in total. The third-order valence-electron chi connectivity index (χ3n) is 3.74. The van der Waals surface area contributed by atoms with Crippen molar-refractivity contribution in [2.75, 3.05) is 0 Å². The van der Waals surface area contributed by atoms with Crippen LogP contribution in [0, 0.1) is 0 Å². The monoisotopic (exact) mass is 286 g/mol. The van der Waals surface area contributed by atoms with Crippen molar-refractivity contribution in [3.8, 4) is 28.7 Å². The Hall–Kier alpha value is -2.89. The molecule has 2 aromatic carbocycles. The maximum Gasteiger partial charge on any atom is 0.323 e. The minimum atomic E-state index is -0.737. The minimum absolute atomic E-state index is 0.0240. The number of hydrogen-bond acceptors (Lipinski definition) is 6. The molecule has 0 radical (unpaired) electrons. The highest BCUT2D eigenvalue weighted by Gasteiger charge is 2.48. The second-order valence-corrected chi connectivity index (χ2v) is 5.04. The second-order valence-electron chi connectivity index (χ2n) is 5.04. The topological polar surface area (TPSA) is 96.2 Å². The molecule has 0 fully saturated rings. The predicted octanol–water partition coefficient (Wildman–Crippen LogP) is 1.94. The molecule has 4 rings (SSSR count). The summed E-state index contributed by atoms with van der Waals surface area (Å²) in [4.78, 5) is 12.2. The lowest BCUT2D eigenvalue weighted by Gasteiger charge is -2.26. The molecule has 0 aliphatic carbocycles. The predicted molar refractivity (Wildman–Crippen MR) is 69.6 cm³/mol. The molecule has 6 heteroatoms. The molecule has 0 bridgehead atoms. The van der Waals surface area contributed by atoms with Gasteiger partial charge in [0.15, 0.2) is 0 Å². The average molecular weight is 286 g/mol. The van der Waals surface area contributed by atoms with Crippen molar-refractivity contribution in [3.05, 3.63) is 41.5 Å². The molecule has 0 saturated heterocycles. The molecular formula is C15H10O6. The van der Waals surface area contributed by atoms with Crippen molar-refractivity contribution in [1.82, 2.24) is 0 Å². The molecule has 106 valence electrons. The van der Waals surface area contributed by atoms with Crippen molar-refractivity contribution >= 4 is 5.97 Å². The Kier molecular flexibility index (Phi) is 2.16. The molecule has 0 aromatic heterocycles. The molecule has 2 unspecified atom stereocenters. The van der Waals surface area contributed by atoms with Gasteiger partial charge in [-0.3, -0.25) is 4.79 Å². The lowest BCUT2D eigenvalue weighted by Crippen LogP contribution is -2.28. The van der Waals surface area contributed by atoms with E-state index in [1.165, 1.54) is 24.3 Å². The van der Waals surface area contributed by atoms with Crippen molar-refractivity contribution in [3.63, 3.8) is 0 Å². The van der Waals surface area contributed by atoms with Gasteiger partial charge in [-0.05, 0) is 6.07 Å². The number of phenols is 3. The van der Waals surface area contributed by atoms with Crippen LogP contribution >= 0.6 is 0 Å². The first-order chi connectivity index (χ1) is 10.0. The van der Waals surface area contributed by atoms with Gasteiger partial charge in [-0.1, -0.05) is 6.07 Å². The SMILES string of the molecule is O=C1Oc2cc(O)cc(O)c2C2Oc3cc(O)ccc3C12. The van der Waals surface area contributed by atoms with Gasteiger partial charge in [-0.15, -0.1) is 0 Å². The highest BCUT2D eigenvalue weighted by molar-refractivity contribution is 5.87. The number of phenolic OH excluding ortho intramolecular Hbond substituents is 3. The van der Waals surface area contributed by atoms with E-state index in [9.17, 15) is 20.1 Å². The van der Waals surface area contributed by atoms with Gasteiger partial charge < -0.3 is 24.8 Å². The fourth-order valence-electron chi connectivity index (χ4n) is 2.87. The van der Waals surface area contributed by atoms with Crippen LogP contribution in [0.4, 0.5) is 0 Å². The van der Waals surface area contributed by atoms with Crippen molar-refractivity contribution in [2.45, 2.75) is 12.0 Å². The Balaban J connectivity index is 1.91. The van der Waals surface area contributed by atoms with E-state index in [4.69, 9.17) is 9.47 Å². The Morgan fingerprint density at radius 3 is 2.52 bits per heavy atom. The van der Waals surface area contributed by atoms with E-state index < -0.39 is 18.0 Å². The van der Waals surface area contributed by atoms with Crippen LogP contribution in [0.25, 0.3) is 0 Å². The zero-order valence-electron chi connectivity index (χ0n) is 10.6. The number of fused-ring (bicyclic) bond motifs is 5. The summed E-state index contributed by atoms with van der Waals surface area (Å²) in [5.74, 6) is -1.16. The van der Waals surface area contributed by atoms with Crippen LogP contribution < -0.4 is 9.47 Å². The fourth-order valence-corrected chi connectivity index (χ4v) is 2.87. The Morgan fingerprint density at radius 2 is 1.71 bits per heavy atom. The summed E-state index contributed by atoms with van der Waals surface area (Å²) in [5, 5.41) is 29.0. The van der Waals surface area contributed by atoms with E-state index in [1.807, 2.05) is 0 Å². The quantitative estimate of drug-likeness (QED) is 0.506. The molecule has 0 amide bonds. The minimum Gasteiger partial charge on any atom is -0.508 e. The van der Waals surface area contributed by atoms with Gasteiger partial charge in [0.05, 0.1) is 5.56 Å². The van der Waals surface area contributed by atoms with Crippen LogP contribution in [0.5, 0.6) is 28.7 Å². The molecule has 2 aromatic rings. The first-order valence-corrected chi connectivity index (χ1v) is 6.32. The van der Waals surface area contributed by atoms with Gasteiger partial charge >= 0.3 is 5.97 Å². The standard InChI is InChI=1S/C15H10O6/c16-6-1-2-8-10(4-6)20-14-12(8)15(19)21-11-5-7(17)3-9(18)13(11)14/h1-5,12,14,16-18H. The Bertz CT molecular complexity index is 782. The maximum absolute atomic E-state index is 12.2. The molecule has 2 aliphatic rings. The molecule has 2 heterocycles. The number of hydrogen-bond donors (Lipinski definition) is 3. The normalized spacial score (nSPS) is 21.8. The summed E-state index contributed by atoms with van der Waals surface area (Å²) in [6.45, 7) is 0. The largest absolute Gasteiger partial charge is 0.508 e. The van der Waals surface area contributed by atoms with Crippen LogP contribution in [-0.2, 0) is 4.79 Å². The average Bonchev–Trinajstić information content (AvgIpc) is 2.75. The van der Waals surface area contributed by atoms with Gasteiger partial charge in [0, 0.05) is 23.8 Å². The molecule has 0 saturated carbocycles. The summed E-state index contributed by atoms with van der Waals surface area (Å²) >= 11 is 0. The van der Waals surface area contributed by atoms with E-state index in [-0.39, 0.29) is 23.0 Å². The highest BCUT2D eigenvalue weighted by atomic mass is 16.6. The van der Waals surface area contributed by atoms with E-state index in [1.54, 1.807) is 6.07 Å². The van der Waals surface area contributed by atoms with Gasteiger partial charge in [0.2, 0.25) is 0 Å². The number of benzene rings is 2. The second kappa shape index (κ2) is 3.82. The van der Waals surface area contributed by atoms with E-state index in [0.717, 1.165) is 0 Å². The zero-order valence-corrected chi connectivity index (χ0v) is 10.6. The Labute approximate surface area is 118 Å². The van der Waals surface area contributed by atoms with E-state index in [2.05, 4.69) is 0 Å². The maximum atomic E-state index is 12.2. The molecule has 21 heavy (non-hydrogen) atoms. The van der Waals surface area contributed by atoms with Crippen LogP contribution in [0.3, 0.4) is 0 Å². The third kappa shape index (κ3) is 1.56. The molecular weight excluding hydrogens is 276 g/mol. The smallest absolute Gasteiger partial charge is 0.323 e. The number of rotatable bonds is 0. The van der Waals surface area contributed by atoms with Gasteiger partial charge in [-0.2, -0.15) is 0 Å². The fraction of sp³-hybridized carbons (Fsp3) is 0.133. The lowest BCUT2D eigenvalue weighted by molar-refractivity contribution is -0.139. The number of ether oxygens (including phenoxy) is 2. The van der Waals surface area contributed by atoms with Crippen molar-refractivity contribution in [1.29, 1.82) is 0 Å². The van der Waals surface area contributed by atoms with Gasteiger partial charge in [0.1, 0.15) is 40.8 Å². The highest BCUT2D eigenvalue weighted by Crippen LogP contribution is 2.54. The van der Waals surface area contributed by atoms with Crippen molar-refractivity contribution < 1.29 is 29.6 Å². The lowest BCUT2D eigenvalue weighted by atomic mass is 9.88. The van der Waals surface area contributed by atoms with E-state index in [0.29, 0.717) is 16.9 Å². The molecule has 2 aliphatic heterocycles.